The van der Waals surface area contributed by atoms with Crippen molar-refractivity contribution in [3.8, 4) is 11.3 Å². The lowest BCUT2D eigenvalue weighted by molar-refractivity contribution is -0.126. The number of aromatic amines is 1. The molecule has 0 aliphatic rings. The molecular formula is C20H20F3N5O2. The van der Waals surface area contributed by atoms with Gasteiger partial charge in [0.2, 0.25) is 0 Å². The van der Waals surface area contributed by atoms with Gasteiger partial charge in [0.05, 0.1) is 29.7 Å². The summed E-state index contributed by atoms with van der Waals surface area (Å²) in [5.74, 6) is 3.37. The first-order chi connectivity index (χ1) is 14.2. The van der Waals surface area contributed by atoms with Crippen LogP contribution in [0.25, 0.3) is 22.2 Å². The predicted molar refractivity (Wildman–Crippen MR) is 107 cm³/mol. The Kier molecular flexibility index (Phi) is 5.99. The van der Waals surface area contributed by atoms with Crippen molar-refractivity contribution in [3.63, 3.8) is 0 Å². The van der Waals surface area contributed by atoms with Crippen LogP contribution in [0.15, 0.2) is 48.3 Å². The molecule has 158 valence electrons. The van der Waals surface area contributed by atoms with Crippen molar-refractivity contribution in [3.05, 3.63) is 65.7 Å². The Morgan fingerprint density at radius 3 is 2.47 bits per heavy atom. The molecule has 0 spiro atoms. The fraction of sp³-hybridized carbons (Fsp3) is 0.150. The average Bonchev–Trinajstić information content (AvgIpc) is 3.07. The molecule has 0 fully saturated rings. The number of nitrogens with one attached hydrogen (secondary N) is 1. The first-order valence-corrected chi connectivity index (χ1v) is 8.87. The van der Waals surface area contributed by atoms with Crippen LogP contribution in [0, 0.1) is 17.5 Å². The van der Waals surface area contributed by atoms with Crippen LogP contribution in [0.1, 0.15) is 0 Å². The molecule has 3 rings (SSSR count). The summed E-state index contributed by atoms with van der Waals surface area (Å²) in [6, 6.07) is 7.11. The number of nitrogens with two attached hydrogens (primary N) is 2. The fourth-order valence-corrected chi connectivity index (χ4v) is 3.04. The molecule has 0 aliphatic carbocycles. The van der Waals surface area contributed by atoms with Crippen LogP contribution >= 0.6 is 0 Å². The van der Waals surface area contributed by atoms with E-state index in [4.69, 9.17) is 16.7 Å². The third-order valence-electron chi connectivity index (χ3n) is 4.50. The van der Waals surface area contributed by atoms with Crippen LogP contribution in [0.3, 0.4) is 0 Å². The number of carbonyl (C=O) groups is 1. The second-order valence-electron chi connectivity index (χ2n) is 6.61. The number of carbonyl (C=O) groups excluding carboxylic acids is 1. The normalized spacial score (nSPS) is 11.7. The monoisotopic (exact) mass is 419 g/mol. The summed E-state index contributed by atoms with van der Waals surface area (Å²) in [6.45, 7) is -0.195. The van der Waals surface area contributed by atoms with Gasteiger partial charge in [-0.05, 0) is 30.3 Å². The van der Waals surface area contributed by atoms with Crippen molar-refractivity contribution in [2.45, 2.75) is 0 Å². The number of hydrogen-bond acceptors (Lipinski definition) is 5. The molecule has 1 aromatic heterocycles. The topological polar surface area (TPSA) is 112 Å². The van der Waals surface area contributed by atoms with Gasteiger partial charge in [-0.25, -0.2) is 19.0 Å². The van der Waals surface area contributed by atoms with E-state index in [2.05, 4.69) is 4.98 Å². The number of anilines is 1. The van der Waals surface area contributed by atoms with E-state index in [1.807, 2.05) is 0 Å². The number of aromatic nitrogens is 1. The van der Waals surface area contributed by atoms with E-state index in [0.717, 1.165) is 23.3 Å². The second kappa shape index (κ2) is 8.47. The van der Waals surface area contributed by atoms with Crippen LogP contribution in [0.5, 0.6) is 0 Å². The van der Waals surface area contributed by atoms with Gasteiger partial charge in [-0.3, -0.25) is 9.80 Å². The molecule has 1 amide bonds. The van der Waals surface area contributed by atoms with Crippen LogP contribution < -0.4 is 16.6 Å². The number of aliphatic hydroxyl groups excluding tert-OH is 1. The molecule has 0 bridgehead atoms. The minimum atomic E-state index is -0.844. The number of rotatable bonds is 6. The summed E-state index contributed by atoms with van der Waals surface area (Å²) >= 11 is 0. The summed E-state index contributed by atoms with van der Waals surface area (Å²) < 4.78 is 41.6. The summed E-state index contributed by atoms with van der Waals surface area (Å²) in [4.78, 5) is 16.3. The zero-order valence-corrected chi connectivity index (χ0v) is 16.0. The summed E-state index contributed by atoms with van der Waals surface area (Å²) in [6.07, 6.45) is 1.11. The molecule has 0 atom stereocenters. The van der Waals surface area contributed by atoms with E-state index in [1.165, 1.54) is 36.2 Å². The Balaban J connectivity index is 2.15. The molecule has 10 heteroatoms. The smallest absolute Gasteiger partial charge is 0.271 e. The Morgan fingerprint density at radius 2 is 1.83 bits per heavy atom. The quantitative estimate of drug-likeness (QED) is 0.278. The Bertz CT molecular complexity index is 1110. The van der Waals surface area contributed by atoms with Gasteiger partial charge >= 0.3 is 0 Å². The number of H-pyrrole nitrogens is 1. The number of fused-ring (bicyclic) bond motifs is 1. The van der Waals surface area contributed by atoms with E-state index in [9.17, 15) is 18.0 Å². The second-order valence-corrected chi connectivity index (χ2v) is 6.61. The molecule has 0 unspecified atom stereocenters. The standard InChI is InChI=1S/C20H20F3N5O2/c1-27(6-7-29)20(30)16(24)10-28(25)19-14-8-13(22)9-15(23)18(14)26-17(19)11-2-4-12(21)5-3-11/h2-5,8-10,26,29H,6-7,24-25H2,1H3/b16-10-. The minimum absolute atomic E-state index is 0.0168. The molecule has 1 heterocycles. The van der Waals surface area contributed by atoms with Crippen molar-refractivity contribution in [2.75, 3.05) is 25.2 Å². The lowest BCUT2D eigenvalue weighted by Gasteiger charge is -2.19. The summed E-state index contributed by atoms with van der Waals surface area (Å²) in [5.41, 5.74) is 6.41. The van der Waals surface area contributed by atoms with Crippen molar-refractivity contribution >= 4 is 22.5 Å². The highest BCUT2D eigenvalue weighted by Gasteiger charge is 2.21. The van der Waals surface area contributed by atoms with Crippen molar-refractivity contribution in [1.82, 2.24) is 9.88 Å². The lowest BCUT2D eigenvalue weighted by Crippen LogP contribution is -2.35. The van der Waals surface area contributed by atoms with E-state index >= 15 is 0 Å². The SMILES string of the molecule is CN(CCO)C(=O)/C(N)=C/N(N)c1c(-c2ccc(F)cc2)[nH]c2c(F)cc(F)cc12. The first kappa shape index (κ1) is 21.2. The molecule has 3 aromatic rings. The Morgan fingerprint density at radius 1 is 1.17 bits per heavy atom. The average molecular weight is 419 g/mol. The highest BCUT2D eigenvalue weighted by Crippen LogP contribution is 2.38. The van der Waals surface area contributed by atoms with E-state index in [0.29, 0.717) is 5.56 Å². The first-order valence-electron chi connectivity index (χ1n) is 8.87. The van der Waals surface area contributed by atoms with Gasteiger partial charge in [0, 0.05) is 30.6 Å². The minimum Gasteiger partial charge on any atom is -0.395 e. The van der Waals surface area contributed by atoms with Gasteiger partial charge < -0.3 is 20.7 Å². The van der Waals surface area contributed by atoms with Crippen LogP contribution in [0.2, 0.25) is 0 Å². The maximum Gasteiger partial charge on any atom is 0.271 e. The van der Waals surface area contributed by atoms with Crippen LogP contribution in [-0.4, -0.2) is 41.1 Å². The van der Waals surface area contributed by atoms with Gasteiger partial charge in [-0.2, -0.15) is 0 Å². The molecular weight excluding hydrogens is 399 g/mol. The highest BCUT2D eigenvalue weighted by atomic mass is 19.1. The molecule has 0 aliphatic heterocycles. The molecule has 2 aromatic carbocycles. The van der Waals surface area contributed by atoms with Crippen LogP contribution in [-0.2, 0) is 4.79 Å². The van der Waals surface area contributed by atoms with Crippen LogP contribution in [0.4, 0.5) is 18.9 Å². The molecule has 0 saturated carbocycles. The van der Waals surface area contributed by atoms with Gasteiger partial charge in [0.15, 0.2) is 0 Å². The maximum absolute atomic E-state index is 14.3. The van der Waals surface area contributed by atoms with Crippen molar-refractivity contribution < 1.29 is 23.1 Å². The van der Waals surface area contributed by atoms with Crippen molar-refractivity contribution in [1.29, 1.82) is 0 Å². The maximum atomic E-state index is 14.3. The van der Waals surface area contributed by atoms with Gasteiger partial charge in [-0.15, -0.1) is 0 Å². The van der Waals surface area contributed by atoms with E-state index in [1.54, 1.807) is 0 Å². The lowest BCUT2D eigenvalue weighted by atomic mass is 10.1. The van der Waals surface area contributed by atoms with Gasteiger partial charge in [0.25, 0.3) is 5.91 Å². The number of aliphatic hydroxyl groups is 1. The molecule has 6 N–H and O–H groups in total. The summed E-state index contributed by atoms with van der Waals surface area (Å²) in [7, 11) is 1.44. The Hall–Kier alpha value is -3.50. The number of hydrazine groups is 1. The fourth-order valence-electron chi connectivity index (χ4n) is 3.04. The van der Waals surface area contributed by atoms with Gasteiger partial charge in [-0.1, -0.05) is 0 Å². The number of halogens is 3. The number of likely N-dealkylation sites (N-methyl/N-ethyl adjacent to an activating group) is 1. The third kappa shape index (κ3) is 4.09. The number of amides is 1. The number of hydrogen-bond donors (Lipinski definition) is 4. The van der Waals surface area contributed by atoms with Gasteiger partial charge in [0.1, 0.15) is 23.1 Å². The zero-order valence-electron chi connectivity index (χ0n) is 16.0. The Labute approximate surface area is 170 Å². The molecule has 7 nitrogen and oxygen atoms in total. The largest absolute Gasteiger partial charge is 0.395 e. The van der Waals surface area contributed by atoms with E-state index < -0.39 is 23.4 Å². The number of nitrogens with zero attached hydrogens (tertiary/aromatic N) is 2. The van der Waals surface area contributed by atoms with Crippen molar-refractivity contribution in [2.24, 2.45) is 11.6 Å². The molecule has 30 heavy (non-hydrogen) atoms. The zero-order chi connectivity index (χ0) is 22.0. The predicted octanol–water partition coefficient (Wildman–Crippen LogP) is 2.18. The molecule has 0 saturated heterocycles. The highest BCUT2D eigenvalue weighted by molar-refractivity contribution is 6.02. The number of benzene rings is 2. The third-order valence-corrected chi connectivity index (χ3v) is 4.50. The molecule has 0 radical (unpaired) electrons. The van der Waals surface area contributed by atoms with E-state index in [-0.39, 0.29) is 41.1 Å². The summed E-state index contributed by atoms with van der Waals surface area (Å²) in [5, 5.41) is 10.0.